The predicted molar refractivity (Wildman–Crippen MR) is 84.4 cm³/mol. The number of nitrogens with two attached hydrogens (primary N) is 1. The molecule has 3 N–H and O–H groups in total. The van der Waals surface area contributed by atoms with E-state index in [0.29, 0.717) is 5.92 Å². The molecule has 5 heteroatoms. The minimum atomic E-state index is -0.523. The van der Waals surface area contributed by atoms with Gasteiger partial charge in [0.2, 0.25) is 5.91 Å². The molecule has 1 heterocycles. The van der Waals surface area contributed by atoms with Crippen molar-refractivity contribution in [1.29, 1.82) is 0 Å². The summed E-state index contributed by atoms with van der Waals surface area (Å²) in [6.07, 6.45) is 1.17. The molecule has 0 aliphatic carbocycles. The van der Waals surface area contributed by atoms with Gasteiger partial charge in [-0.3, -0.25) is 4.79 Å². The fraction of sp³-hybridized carbons (Fsp3) is 0.429. The Bertz CT molecular complexity index is 444. The molecule has 2 atom stereocenters. The van der Waals surface area contributed by atoms with Gasteiger partial charge in [-0.2, -0.15) is 11.8 Å². The maximum Gasteiger partial charge on any atom is 0.234 e. The highest BCUT2D eigenvalue weighted by Gasteiger charge is 2.24. The Labute approximate surface area is 123 Å². The van der Waals surface area contributed by atoms with Crippen LogP contribution >= 0.6 is 24.0 Å². The summed E-state index contributed by atoms with van der Waals surface area (Å²) in [5.74, 6) is 2.29. The lowest BCUT2D eigenvalue weighted by Gasteiger charge is -2.17. The third-order valence-electron chi connectivity index (χ3n) is 3.27. The van der Waals surface area contributed by atoms with Crippen molar-refractivity contribution in [1.82, 2.24) is 5.32 Å². The Kier molecular flexibility index (Phi) is 5.22. The van der Waals surface area contributed by atoms with E-state index in [4.69, 9.17) is 18.0 Å². The fourth-order valence-electron chi connectivity index (χ4n) is 2.18. The van der Waals surface area contributed by atoms with Gasteiger partial charge in [-0.1, -0.05) is 42.5 Å². The van der Waals surface area contributed by atoms with Crippen LogP contribution in [0.5, 0.6) is 0 Å². The number of benzene rings is 1. The Balaban J connectivity index is 1.98. The highest BCUT2D eigenvalue weighted by molar-refractivity contribution is 7.99. The number of hydrogen-bond donors (Lipinski definition) is 2. The van der Waals surface area contributed by atoms with Crippen LogP contribution in [0.3, 0.4) is 0 Å². The Morgan fingerprint density at radius 2 is 2.21 bits per heavy atom. The van der Waals surface area contributed by atoms with Crippen molar-refractivity contribution in [2.24, 2.45) is 11.7 Å². The third kappa shape index (κ3) is 3.94. The van der Waals surface area contributed by atoms with E-state index in [1.165, 1.54) is 12.2 Å². The molecule has 0 aromatic heterocycles. The number of amides is 1. The van der Waals surface area contributed by atoms with Gasteiger partial charge in [0.15, 0.2) is 0 Å². The zero-order chi connectivity index (χ0) is 13.7. The number of carbonyl (C=O) groups excluding carboxylic acids is 1. The second-order valence-electron chi connectivity index (χ2n) is 4.72. The Hall–Kier alpha value is -1.07. The summed E-state index contributed by atoms with van der Waals surface area (Å²) in [6.45, 7) is 0.720. The van der Waals surface area contributed by atoms with Gasteiger partial charge in [-0.05, 0) is 29.4 Å². The van der Waals surface area contributed by atoms with Crippen molar-refractivity contribution in [3.8, 4) is 0 Å². The highest BCUT2D eigenvalue weighted by atomic mass is 32.2. The molecule has 19 heavy (non-hydrogen) atoms. The van der Waals surface area contributed by atoms with Crippen molar-refractivity contribution < 1.29 is 4.79 Å². The molecule has 2 rings (SSSR count). The monoisotopic (exact) mass is 294 g/mol. The first-order valence-electron chi connectivity index (χ1n) is 6.38. The molecule has 1 fully saturated rings. The van der Waals surface area contributed by atoms with E-state index in [0.717, 1.165) is 17.9 Å². The molecule has 2 unspecified atom stereocenters. The van der Waals surface area contributed by atoms with Crippen LogP contribution in [0.4, 0.5) is 0 Å². The van der Waals surface area contributed by atoms with Crippen molar-refractivity contribution >= 4 is 34.9 Å². The van der Waals surface area contributed by atoms with Gasteiger partial charge in [-0.25, -0.2) is 0 Å². The van der Waals surface area contributed by atoms with Crippen LogP contribution in [-0.4, -0.2) is 28.9 Å². The normalized spacial score (nSPS) is 19.9. The Morgan fingerprint density at radius 3 is 2.79 bits per heavy atom. The largest absolute Gasteiger partial charge is 0.392 e. The number of rotatable bonds is 5. The lowest BCUT2D eigenvalue weighted by molar-refractivity contribution is -0.121. The quantitative estimate of drug-likeness (QED) is 0.815. The first kappa shape index (κ1) is 14.3. The molecule has 1 amide bonds. The SMILES string of the molecule is NC(=S)C(C(=O)NCC1CCSC1)c1ccccc1. The van der Waals surface area contributed by atoms with Crippen LogP contribution in [0.15, 0.2) is 30.3 Å². The van der Waals surface area contributed by atoms with E-state index < -0.39 is 5.92 Å². The van der Waals surface area contributed by atoms with Crippen LogP contribution in [0.1, 0.15) is 17.9 Å². The van der Waals surface area contributed by atoms with E-state index in [9.17, 15) is 4.79 Å². The van der Waals surface area contributed by atoms with E-state index in [1.54, 1.807) is 0 Å². The van der Waals surface area contributed by atoms with Crippen LogP contribution in [0.25, 0.3) is 0 Å². The van der Waals surface area contributed by atoms with Gasteiger partial charge in [0, 0.05) is 6.54 Å². The first-order valence-corrected chi connectivity index (χ1v) is 7.94. The summed E-state index contributed by atoms with van der Waals surface area (Å²) >= 11 is 6.98. The van der Waals surface area contributed by atoms with Crippen molar-refractivity contribution in [3.05, 3.63) is 35.9 Å². The van der Waals surface area contributed by atoms with Crippen LogP contribution < -0.4 is 11.1 Å². The molecule has 0 spiro atoms. The molecule has 0 bridgehead atoms. The fourth-order valence-corrected chi connectivity index (χ4v) is 3.71. The predicted octanol–water partition coefficient (Wildman–Crippen LogP) is 1.93. The number of carbonyl (C=O) groups is 1. The minimum absolute atomic E-state index is 0.0874. The first-order chi connectivity index (χ1) is 9.18. The lowest BCUT2D eigenvalue weighted by Crippen LogP contribution is -2.38. The number of thioether (sulfide) groups is 1. The van der Waals surface area contributed by atoms with Gasteiger partial charge < -0.3 is 11.1 Å². The topological polar surface area (TPSA) is 55.1 Å². The maximum atomic E-state index is 12.3. The summed E-state index contributed by atoms with van der Waals surface area (Å²) in [5.41, 5.74) is 6.57. The molecular formula is C14H18N2OS2. The van der Waals surface area contributed by atoms with E-state index >= 15 is 0 Å². The molecule has 1 aromatic carbocycles. The summed E-state index contributed by atoms with van der Waals surface area (Å²) in [5, 5.41) is 2.98. The molecule has 102 valence electrons. The second-order valence-corrected chi connectivity index (χ2v) is 6.34. The van der Waals surface area contributed by atoms with E-state index in [2.05, 4.69) is 5.32 Å². The smallest absolute Gasteiger partial charge is 0.234 e. The number of nitrogens with one attached hydrogen (secondary N) is 1. The summed E-state index contributed by atoms with van der Waals surface area (Å²) in [4.78, 5) is 12.5. The van der Waals surface area contributed by atoms with Gasteiger partial charge in [0.1, 0.15) is 5.92 Å². The van der Waals surface area contributed by atoms with Crippen LogP contribution in [0, 0.1) is 5.92 Å². The van der Waals surface area contributed by atoms with Gasteiger partial charge in [-0.15, -0.1) is 0 Å². The molecule has 1 aromatic rings. The summed E-state index contributed by atoms with van der Waals surface area (Å²) in [6, 6.07) is 9.46. The second kappa shape index (κ2) is 6.91. The molecular weight excluding hydrogens is 276 g/mol. The molecule has 1 saturated heterocycles. The van der Waals surface area contributed by atoms with Gasteiger partial charge in [0.05, 0.1) is 4.99 Å². The van der Waals surface area contributed by atoms with Crippen LogP contribution in [0.2, 0.25) is 0 Å². The summed E-state index contributed by atoms with van der Waals surface area (Å²) < 4.78 is 0. The van der Waals surface area contributed by atoms with Crippen molar-refractivity contribution in [2.75, 3.05) is 18.1 Å². The zero-order valence-corrected chi connectivity index (χ0v) is 12.3. The van der Waals surface area contributed by atoms with E-state index in [-0.39, 0.29) is 10.9 Å². The van der Waals surface area contributed by atoms with Crippen LogP contribution in [-0.2, 0) is 4.79 Å². The van der Waals surface area contributed by atoms with Crippen molar-refractivity contribution in [2.45, 2.75) is 12.3 Å². The summed E-state index contributed by atoms with van der Waals surface area (Å²) in [7, 11) is 0. The zero-order valence-electron chi connectivity index (χ0n) is 10.7. The van der Waals surface area contributed by atoms with E-state index in [1.807, 2.05) is 42.1 Å². The Morgan fingerprint density at radius 1 is 1.47 bits per heavy atom. The lowest BCUT2D eigenvalue weighted by atomic mass is 9.98. The minimum Gasteiger partial charge on any atom is -0.392 e. The van der Waals surface area contributed by atoms with Crippen molar-refractivity contribution in [3.63, 3.8) is 0 Å². The molecule has 0 radical (unpaired) electrons. The molecule has 3 nitrogen and oxygen atoms in total. The number of thiocarbonyl (C=S) groups is 1. The van der Waals surface area contributed by atoms with Gasteiger partial charge >= 0.3 is 0 Å². The average Bonchev–Trinajstić information content (AvgIpc) is 2.90. The molecule has 1 aliphatic heterocycles. The maximum absolute atomic E-state index is 12.3. The molecule has 0 saturated carbocycles. The third-order valence-corrected chi connectivity index (χ3v) is 4.74. The standard InChI is InChI=1S/C14H18N2OS2/c15-13(18)12(11-4-2-1-3-5-11)14(17)16-8-10-6-7-19-9-10/h1-5,10,12H,6-9H2,(H2,15,18)(H,16,17). The average molecular weight is 294 g/mol. The number of hydrogen-bond acceptors (Lipinski definition) is 3. The molecule has 1 aliphatic rings. The highest BCUT2D eigenvalue weighted by Crippen LogP contribution is 2.23. The van der Waals surface area contributed by atoms with Gasteiger partial charge in [0.25, 0.3) is 0 Å².